The number of rotatable bonds is 9. The molecule has 4 nitrogen and oxygen atoms in total. The Bertz CT molecular complexity index is 217. The standard InChI is InChI=1S/C15H31NO3/c1-4-13-5-7-14(8-6-13)16(2)11-15(17)12-19-10-9-18-3/h13-15,17H,4-12H2,1-3H3. The van der Waals surface area contributed by atoms with Gasteiger partial charge in [-0.2, -0.15) is 0 Å². The van der Waals surface area contributed by atoms with Crippen LogP contribution < -0.4 is 0 Å². The molecule has 1 rings (SSSR count). The summed E-state index contributed by atoms with van der Waals surface area (Å²) in [5.74, 6) is 0.923. The lowest BCUT2D eigenvalue weighted by Gasteiger charge is -2.35. The van der Waals surface area contributed by atoms with Gasteiger partial charge in [-0.25, -0.2) is 0 Å². The summed E-state index contributed by atoms with van der Waals surface area (Å²) in [4.78, 5) is 2.30. The molecule has 0 aliphatic heterocycles. The van der Waals surface area contributed by atoms with Gasteiger partial charge in [0.25, 0.3) is 0 Å². The predicted molar refractivity (Wildman–Crippen MR) is 77.4 cm³/mol. The Morgan fingerprint density at radius 3 is 2.47 bits per heavy atom. The summed E-state index contributed by atoms with van der Waals surface area (Å²) in [5, 5.41) is 9.94. The third-order valence-electron chi connectivity index (χ3n) is 4.26. The van der Waals surface area contributed by atoms with Crippen molar-refractivity contribution in [2.75, 3.05) is 40.5 Å². The third kappa shape index (κ3) is 6.70. The minimum atomic E-state index is -0.397. The van der Waals surface area contributed by atoms with Gasteiger partial charge < -0.3 is 19.5 Å². The number of aliphatic hydroxyl groups excluding tert-OH is 1. The van der Waals surface area contributed by atoms with E-state index in [1.54, 1.807) is 7.11 Å². The van der Waals surface area contributed by atoms with Crippen LogP contribution in [-0.4, -0.2) is 62.7 Å². The van der Waals surface area contributed by atoms with Gasteiger partial charge in [-0.05, 0) is 38.6 Å². The molecular weight excluding hydrogens is 242 g/mol. The Balaban J connectivity index is 2.14. The smallest absolute Gasteiger partial charge is 0.0900 e. The average molecular weight is 273 g/mol. The first-order valence-electron chi connectivity index (χ1n) is 7.62. The molecule has 0 bridgehead atoms. The van der Waals surface area contributed by atoms with Gasteiger partial charge in [-0.1, -0.05) is 13.3 Å². The Morgan fingerprint density at radius 2 is 1.89 bits per heavy atom. The van der Waals surface area contributed by atoms with Gasteiger partial charge in [0, 0.05) is 19.7 Å². The monoisotopic (exact) mass is 273 g/mol. The SMILES string of the molecule is CCC1CCC(N(C)CC(O)COCCOC)CC1. The van der Waals surface area contributed by atoms with E-state index in [4.69, 9.17) is 9.47 Å². The van der Waals surface area contributed by atoms with Crippen molar-refractivity contribution in [1.82, 2.24) is 4.90 Å². The van der Waals surface area contributed by atoms with Gasteiger partial charge in [-0.15, -0.1) is 0 Å². The summed E-state index contributed by atoms with van der Waals surface area (Å²) < 4.78 is 10.3. The molecule has 0 radical (unpaired) electrons. The molecule has 1 unspecified atom stereocenters. The fraction of sp³-hybridized carbons (Fsp3) is 1.00. The molecule has 1 aliphatic rings. The number of methoxy groups -OCH3 is 1. The van der Waals surface area contributed by atoms with Crippen molar-refractivity contribution in [2.45, 2.75) is 51.2 Å². The fourth-order valence-electron chi connectivity index (χ4n) is 2.89. The Kier molecular flexibility index (Phi) is 8.62. The van der Waals surface area contributed by atoms with Crippen molar-refractivity contribution in [3.8, 4) is 0 Å². The van der Waals surface area contributed by atoms with Crippen LogP contribution in [0.1, 0.15) is 39.0 Å². The molecule has 0 heterocycles. The molecule has 0 aromatic carbocycles. The van der Waals surface area contributed by atoms with Crippen LogP contribution in [0.3, 0.4) is 0 Å². The van der Waals surface area contributed by atoms with Gasteiger partial charge >= 0.3 is 0 Å². The molecule has 1 saturated carbocycles. The first-order valence-corrected chi connectivity index (χ1v) is 7.62. The highest BCUT2D eigenvalue weighted by atomic mass is 16.5. The Morgan fingerprint density at radius 1 is 1.21 bits per heavy atom. The average Bonchev–Trinajstić information content (AvgIpc) is 2.43. The lowest BCUT2D eigenvalue weighted by atomic mass is 9.84. The zero-order valence-electron chi connectivity index (χ0n) is 12.8. The molecule has 1 N–H and O–H groups in total. The van der Waals surface area contributed by atoms with E-state index in [1.807, 2.05) is 0 Å². The van der Waals surface area contributed by atoms with E-state index in [2.05, 4.69) is 18.9 Å². The molecule has 1 fully saturated rings. The second-order valence-corrected chi connectivity index (χ2v) is 5.74. The Labute approximate surface area is 118 Å². The maximum absolute atomic E-state index is 9.94. The normalized spacial score (nSPS) is 25.7. The first kappa shape index (κ1) is 16.9. The molecule has 19 heavy (non-hydrogen) atoms. The van der Waals surface area contributed by atoms with Crippen LogP contribution in [0.2, 0.25) is 0 Å². The van der Waals surface area contributed by atoms with Crippen molar-refractivity contribution >= 4 is 0 Å². The van der Waals surface area contributed by atoms with Crippen LogP contribution >= 0.6 is 0 Å². The summed E-state index contributed by atoms with van der Waals surface area (Å²) in [6.45, 7) is 4.53. The first-order chi connectivity index (χ1) is 9.17. The molecular formula is C15H31NO3. The van der Waals surface area contributed by atoms with Crippen molar-refractivity contribution in [3.05, 3.63) is 0 Å². The molecule has 0 aromatic heterocycles. The largest absolute Gasteiger partial charge is 0.389 e. The molecule has 0 saturated heterocycles. The van der Waals surface area contributed by atoms with E-state index < -0.39 is 6.10 Å². The third-order valence-corrected chi connectivity index (χ3v) is 4.26. The maximum Gasteiger partial charge on any atom is 0.0900 e. The summed E-state index contributed by atoms with van der Waals surface area (Å²) >= 11 is 0. The van der Waals surface area contributed by atoms with Crippen molar-refractivity contribution in [1.29, 1.82) is 0 Å². The highest BCUT2D eigenvalue weighted by Crippen LogP contribution is 2.28. The van der Waals surface area contributed by atoms with E-state index in [0.29, 0.717) is 32.4 Å². The molecule has 1 aliphatic carbocycles. The zero-order valence-corrected chi connectivity index (χ0v) is 12.8. The van der Waals surface area contributed by atoms with Crippen molar-refractivity contribution in [2.24, 2.45) is 5.92 Å². The van der Waals surface area contributed by atoms with E-state index in [0.717, 1.165) is 5.92 Å². The predicted octanol–water partition coefficient (Wildman–Crippen LogP) is 1.91. The van der Waals surface area contributed by atoms with Gasteiger partial charge in [0.2, 0.25) is 0 Å². The van der Waals surface area contributed by atoms with Crippen LogP contribution in [0.15, 0.2) is 0 Å². The van der Waals surface area contributed by atoms with Crippen molar-refractivity contribution < 1.29 is 14.6 Å². The summed E-state index contributed by atoms with van der Waals surface area (Å²) in [6.07, 6.45) is 6.13. The van der Waals surface area contributed by atoms with Crippen LogP contribution in [0.25, 0.3) is 0 Å². The number of hydrogen-bond acceptors (Lipinski definition) is 4. The molecule has 0 spiro atoms. The molecule has 1 atom stereocenters. The highest BCUT2D eigenvalue weighted by molar-refractivity contribution is 4.78. The van der Waals surface area contributed by atoms with E-state index in [9.17, 15) is 5.11 Å². The maximum atomic E-state index is 9.94. The molecule has 0 amide bonds. The van der Waals surface area contributed by atoms with Crippen LogP contribution in [-0.2, 0) is 9.47 Å². The second-order valence-electron chi connectivity index (χ2n) is 5.74. The van der Waals surface area contributed by atoms with Gasteiger partial charge in [-0.3, -0.25) is 0 Å². The summed E-state index contributed by atoms with van der Waals surface area (Å²) in [6, 6.07) is 0.636. The highest BCUT2D eigenvalue weighted by Gasteiger charge is 2.24. The fourth-order valence-corrected chi connectivity index (χ4v) is 2.89. The number of aliphatic hydroxyl groups is 1. The van der Waals surface area contributed by atoms with Gasteiger partial charge in [0.15, 0.2) is 0 Å². The number of likely N-dealkylation sites (N-methyl/N-ethyl adjacent to an activating group) is 1. The van der Waals surface area contributed by atoms with Crippen molar-refractivity contribution in [3.63, 3.8) is 0 Å². The Hall–Kier alpha value is -0.160. The summed E-state index contributed by atoms with van der Waals surface area (Å²) in [5.41, 5.74) is 0. The van der Waals surface area contributed by atoms with Gasteiger partial charge in [0.05, 0.1) is 25.9 Å². The van der Waals surface area contributed by atoms with E-state index in [1.165, 1.54) is 32.1 Å². The molecule has 4 heteroatoms. The van der Waals surface area contributed by atoms with Gasteiger partial charge in [0.1, 0.15) is 0 Å². The molecule has 0 aromatic rings. The van der Waals surface area contributed by atoms with E-state index >= 15 is 0 Å². The molecule has 114 valence electrons. The second kappa shape index (κ2) is 9.70. The zero-order chi connectivity index (χ0) is 14.1. The number of ether oxygens (including phenoxy) is 2. The topological polar surface area (TPSA) is 41.9 Å². The van der Waals surface area contributed by atoms with Crippen LogP contribution in [0.5, 0.6) is 0 Å². The van der Waals surface area contributed by atoms with Crippen LogP contribution in [0, 0.1) is 5.92 Å². The lowest BCUT2D eigenvalue weighted by molar-refractivity contribution is -0.00530. The lowest BCUT2D eigenvalue weighted by Crippen LogP contribution is -2.41. The minimum Gasteiger partial charge on any atom is -0.389 e. The number of hydrogen-bond donors (Lipinski definition) is 1. The summed E-state index contributed by atoms with van der Waals surface area (Å²) in [7, 11) is 3.77. The van der Waals surface area contributed by atoms with E-state index in [-0.39, 0.29) is 0 Å². The van der Waals surface area contributed by atoms with Crippen LogP contribution in [0.4, 0.5) is 0 Å². The number of nitrogens with zero attached hydrogens (tertiary/aromatic N) is 1. The quantitative estimate of drug-likeness (QED) is 0.652. The minimum absolute atomic E-state index is 0.397.